The Balaban J connectivity index is 2.51. The third-order valence-electron chi connectivity index (χ3n) is 2.88. The Labute approximate surface area is 98.8 Å². The topological polar surface area (TPSA) is 54.7 Å². The molecule has 1 aromatic rings. The lowest BCUT2D eigenvalue weighted by molar-refractivity contribution is 0.630. The van der Waals surface area contributed by atoms with E-state index in [2.05, 4.69) is 31.0 Å². The van der Waals surface area contributed by atoms with Gasteiger partial charge < -0.3 is 5.73 Å². The summed E-state index contributed by atoms with van der Waals surface area (Å²) >= 11 is 0. The zero-order valence-electron chi connectivity index (χ0n) is 10.8. The maximum atomic E-state index is 5.88. The van der Waals surface area contributed by atoms with Gasteiger partial charge in [-0.25, -0.2) is 0 Å². The Morgan fingerprint density at radius 3 is 2.62 bits per heavy atom. The van der Waals surface area contributed by atoms with Crippen molar-refractivity contribution in [1.29, 1.82) is 0 Å². The summed E-state index contributed by atoms with van der Waals surface area (Å²) in [6.07, 6.45) is 7.27. The fraction of sp³-hybridized carbons (Fsp3) is 0.769. The van der Waals surface area contributed by atoms with E-state index >= 15 is 0 Å². The standard InChI is InChI=1S/C13H25N3/c1-4-5-6-7-8-12-11(9-10(2)3)13(14)16-15-12/h10H,4-9H2,1-3H3,(H3,14,15,16). The molecular formula is C13H25N3. The van der Waals surface area contributed by atoms with Crippen molar-refractivity contribution in [2.24, 2.45) is 5.92 Å². The van der Waals surface area contributed by atoms with Crippen LogP contribution >= 0.6 is 0 Å². The number of hydrogen-bond acceptors (Lipinski definition) is 2. The zero-order valence-corrected chi connectivity index (χ0v) is 10.8. The van der Waals surface area contributed by atoms with Crippen molar-refractivity contribution in [2.45, 2.75) is 59.3 Å². The molecule has 0 spiro atoms. The largest absolute Gasteiger partial charge is 0.382 e. The van der Waals surface area contributed by atoms with Crippen LogP contribution in [-0.4, -0.2) is 10.2 Å². The van der Waals surface area contributed by atoms with Crippen molar-refractivity contribution in [3.05, 3.63) is 11.3 Å². The summed E-state index contributed by atoms with van der Waals surface area (Å²) < 4.78 is 0. The number of aryl methyl sites for hydroxylation is 1. The minimum atomic E-state index is 0.634. The van der Waals surface area contributed by atoms with E-state index in [1.807, 2.05) is 0 Å². The number of aromatic nitrogens is 2. The summed E-state index contributed by atoms with van der Waals surface area (Å²) in [7, 11) is 0. The van der Waals surface area contributed by atoms with Gasteiger partial charge in [-0.1, -0.05) is 40.0 Å². The van der Waals surface area contributed by atoms with Crippen LogP contribution in [0.15, 0.2) is 0 Å². The predicted molar refractivity (Wildman–Crippen MR) is 69.4 cm³/mol. The first kappa shape index (κ1) is 13.1. The van der Waals surface area contributed by atoms with Gasteiger partial charge in [-0.3, -0.25) is 5.10 Å². The van der Waals surface area contributed by atoms with Gasteiger partial charge in [-0.15, -0.1) is 0 Å². The molecule has 0 aliphatic carbocycles. The molecule has 3 nitrogen and oxygen atoms in total. The van der Waals surface area contributed by atoms with Crippen LogP contribution in [0, 0.1) is 5.92 Å². The molecule has 0 aromatic carbocycles. The van der Waals surface area contributed by atoms with Gasteiger partial charge in [0, 0.05) is 11.3 Å². The summed E-state index contributed by atoms with van der Waals surface area (Å²) in [5.41, 5.74) is 8.37. The zero-order chi connectivity index (χ0) is 12.0. The second kappa shape index (κ2) is 6.56. The quantitative estimate of drug-likeness (QED) is 0.697. The van der Waals surface area contributed by atoms with E-state index in [0.29, 0.717) is 11.7 Å². The molecule has 0 aliphatic heterocycles. The van der Waals surface area contributed by atoms with E-state index in [9.17, 15) is 0 Å². The molecule has 3 heteroatoms. The van der Waals surface area contributed by atoms with Crippen molar-refractivity contribution >= 4 is 5.82 Å². The number of anilines is 1. The summed E-state index contributed by atoms with van der Waals surface area (Å²) in [4.78, 5) is 0. The Morgan fingerprint density at radius 2 is 2.00 bits per heavy atom. The highest BCUT2D eigenvalue weighted by Gasteiger charge is 2.11. The Kier molecular flexibility index (Phi) is 5.36. The van der Waals surface area contributed by atoms with Crippen molar-refractivity contribution in [3.8, 4) is 0 Å². The highest BCUT2D eigenvalue weighted by atomic mass is 15.2. The number of H-pyrrole nitrogens is 1. The highest BCUT2D eigenvalue weighted by Crippen LogP contribution is 2.19. The number of nitrogens with two attached hydrogens (primary N) is 1. The molecule has 1 heterocycles. The van der Waals surface area contributed by atoms with Gasteiger partial charge in [0.25, 0.3) is 0 Å². The Hall–Kier alpha value is -0.990. The van der Waals surface area contributed by atoms with E-state index in [1.165, 1.54) is 36.9 Å². The van der Waals surface area contributed by atoms with Gasteiger partial charge in [-0.05, 0) is 25.2 Å². The molecule has 0 fully saturated rings. The van der Waals surface area contributed by atoms with E-state index in [-0.39, 0.29) is 0 Å². The maximum Gasteiger partial charge on any atom is 0.148 e. The van der Waals surface area contributed by atoms with Crippen molar-refractivity contribution < 1.29 is 0 Å². The summed E-state index contributed by atoms with van der Waals surface area (Å²) in [5, 5.41) is 7.20. The molecule has 1 aromatic heterocycles. The van der Waals surface area contributed by atoms with Crippen LogP contribution in [0.2, 0.25) is 0 Å². The number of unbranched alkanes of at least 4 members (excludes halogenated alkanes) is 3. The van der Waals surface area contributed by atoms with Crippen molar-refractivity contribution in [3.63, 3.8) is 0 Å². The van der Waals surface area contributed by atoms with Gasteiger partial charge in [0.2, 0.25) is 0 Å². The predicted octanol–water partition coefficient (Wildman–Crippen LogP) is 3.31. The third-order valence-corrected chi connectivity index (χ3v) is 2.88. The van der Waals surface area contributed by atoms with Gasteiger partial charge >= 0.3 is 0 Å². The summed E-state index contributed by atoms with van der Waals surface area (Å²) in [5.74, 6) is 1.33. The van der Waals surface area contributed by atoms with E-state index in [4.69, 9.17) is 5.73 Å². The normalized spacial score (nSPS) is 11.2. The van der Waals surface area contributed by atoms with Crippen LogP contribution in [0.1, 0.15) is 57.7 Å². The smallest absolute Gasteiger partial charge is 0.148 e. The number of nitrogens with zero attached hydrogens (tertiary/aromatic N) is 1. The fourth-order valence-corrected chi connectivity index (χ4v) is 1.99. The number of nitrogen functional groups attached to an aromatic ring is 1. The highest BCUT2D eigenvalue weighted by molar-refractivity contribution is 5.42. The average Bonchev–Trinajstić information content (AvgIpc) is 2.56. The molecule has 92 valence electrons. The van der Waals surface area contributed by atoms with Crippen LogP contribution in [-0.2, 0) is 12.8 Å². The summed E-state index contributed by atoms with van der Waals surface area (Å²) in [6, 6.07) is 0. The van der Waals surface area contributed by atoms with E-state index in [1.54, 1.807) is 0 Å². The molecule has 0 saturated carbocycles. The lowest BCUT2D eigenvalue weighted by Crippen LogP contribution is -2.01. The molecule has 0 aliphatic rings. The molecule has 16 heavy (non-hydrogen) atoms. The molecule has 0 atom stereocenters. The Bertz CT molecular complexity index is 302. The maximum absolute atomic E-state index is 5.88. The van der Waals surface area contributed by atoms with Gasteiger partial charge in [0.05, 0.1) is 0 Å². The molecule has 3 N–H and O–H groups in total. The molecule has 0 amide bonds. The molecule has 1 rings (SSSR count). The van der Waals surface area contributed by atoms with Crippen LogP contribution in [0.3, 0.4) is 0 Å². The number of nitrogens with one attached hydrogen (secondary N) is 1. The van der Waals surface area contributed by atoms with E-state index in [0.717, 1.165) is 12.8 Å². The molecule has 0 saturated heterocycles. The number of rotatable bonds is 7. The Morgan fingerprint density at radius 1 is 1.25 bits per heavy atom. The number of hydrogen-bond donors (Lipinski definition) is 2. The minimum Gasteiger partial charge on any atom is -0.382 e. The fourth-order valence-electron chi connectivity index (χ4n) is 1.99. The molecule has 0 bridgehead atoms. The average molecular weight is 223 g/mol. The minimum absolute atomic E-state index is 0.634. The molecule has 0 radical (unpaired) electrons. The van der Waals surface area contributed by atoms with Crippen molar-refractivity contribution in [2.75, 3.05) is 5.73 Å². The van der Waals surface area contributed by atoms with Crippen LogP contribution in [0.25, 0.3) is 0 Å². The van der Waals surface area contributed by atoms with Gasteiger partial charge in [0.15, 0.2) is 0 Å². The van der Waals surface area contributed by atoms with Crippen molar-refractivity contribution in [1.82, 2.24) is 10.2 Å². The summed E-state index contributed by atoms with van der Waals surface area (Å²) in [6.45, 7) is 6.67. The second-order valence-corrected chi connectivity index (χ2v) is 4.97. The molecule has 0 unspecified atom stereocenters. The van der Waals surface area contributed by atoms with Crippen LogP contribution in [0.5, 0.6) is 0 Å². The lowest BCUT2D eigenvalue weighted by Gasteiger charge is -2.06. The second-order valence-electron chi connectivity index (χ2n) is 4.97. The van der Waals surface area contributed by atoms with Gasteiger partial charge in [-0.2, -0.15) is 5.10 Å². The van der Waals surface area contributed by atoms with E-state index < -0.39 is 0 Å². The molecular weight excluding hydrogens is 198 g/mol. The third kappa shape index (κ3) is 3.87. The SMILES string of the molecule is CCCCCCc1[nH]nc(N)c1CC(C)C. The van der Waals surface area contributed by atoms with Gasteiger partial charge in [0.1, 0.15) is 5.82 Å². The number of aromatic amines is 1. The first-order valence-electron chi connectivity index (χ1n) is 6.46. The lowest BCUT2D eigenvalue weighted by atomic mass is 10.00. The van der Waals surface area contributed by atoms with Crippen LogP contribution < -0.4 is 5.73 Å². The first-order valence-corrected chi connectivity index (χ1v) is 6.46. The van der Waals surface area contributed by atoms with Crippen LogP contribution in [0.4, 0.5) is 5.82 Å². The monoisotopic (exact) mass is 223 g/mol. The first-order chi connectivity index (χ1) is 7.65.